The van der Waals surface area contributed by atoms with Crippen molar-refractivity contribution in [2.24, 2.45) is 0 Å². The summed E-state index contributed by atoms with van der Waals surface area (Å²) in [7, 11) is 5.55. The maximum Gasteiger partial charge on any atom is 0.123 e. The van der Waals surface area contributed by atoms with Gasteiger partial charge < -0.3 is 14.8 Å². The minimum Gasteiger partial charge on any atom is -0.496 e. The molecule has 114 valence electrons. The summed E-state index contributed by atoms with van der Waals surface area (Å²) >= 11 is 0. The molecule has 1 aromatic rings. The number of rotatable bonds is 9. The number of hydrogen-bond acceptors (Lipinski definition) is 4. The van der Waals surface area contributed by atoms with E-state index in [-0.39, 0.29) is 0 Å². The van der Waals surface area contributed by atoms with Crippen LogP contribution in [0.5, 0.6) is 5.75 Å². The summed E-state index contributed by atoms with van der Waals surface area (Å²) in [6.07, 6.45) is 0. The Hall–Kier alpha value is -1.10. The van der Waals surface area contributed by atoms with Crippen LogP contribution in [-0.4, -0.2) is 45.9 Å². The van der Waals surface area contributed by atoms with Gasteiger partial charge in [-0.15, -0.1) is 0 Å². The van der Waals surface area contributed by atoms with Gasteiger partial charge in [-0.1, -0.05) is 13.0 Å². The fraction of sp³-hybridized carbons (Fsp3) is 0.625. The second kappa shape index (κ2) is 8.95. The molecule has 1 atom stereocenters. The second-order valence-corrected chi connectivity index (χ2v) is 5.08. The van der Waals surface area contributed by atoms with Crippen molar-refractivity contribution in [3.05, 3.63) is 29.3 Å². The summed E-state index contributed by atoms with van der Waals surface area (Å²) < 4.78 is 10.6. The topological polar surface area (TPSA) is 33.7 Å². The average molecular weight is 280 g/mol. The summed E-state index contributed by atoms with van der Waals surface area (Å²) in [5, 5.41) is 3.44. The predicted octanol–water partition coefficient (Wildman–Crippen LogP) is 2.44. The van der Waals surface area contributed by atoms with Gasteiger partial charge in [0.2, 0.25) is 0 Å². The van der Waals surface area contributed by atoms with E-state index in [2.05, 4.69) is 49.3 Å². The van der Waals surface area contributed by atoms with Gasteiger partial charge in [0.1, 0.15) is 5.75 Å². The van der Waals surface area contributed by atoms with E-state index < -0.39 is 0 Å². The van der Waals surface area contributed by atoms with E-state index in [4.69, 9.17) is 9.47 Å². The van der Waals surface area contributed by atoms with Crippen molar-refractivity contribution in [3.8, 4) is 5.75 Å². The van der Waals surface area contributed by atoms with Crippen molar-refractivity contribution in [2.45, 2.75) is 26.4 Å². The number of likely N-dealkylation sites (N-methyl/N-ethyl adjacent to an activating group) is 1. The Morgan fingerprint density at radius 3 is 2.65 bits per heavy atom. The van der Waals surface area contributed by atoms with Gasteiger partial charge in [-0.2, -0.15) is 0 Å². The van der Waals surface area contributed by atoms with Crippen LogP contribution < -0.4 is 10.1 Å². The third-order valence-electron chi connectivity index (χ3n) is 3.43. The molecule has 0 radical (unpaired) electrons. The Labute approximate surface area is 123 Å². The lowest BCUT2D eigenvalue weighted by Gasteiger charge is -2.20. The predicted molar refractivity (Wildman–Crippen MR) is 83.3 cm³/mol. The lowest BCUT2D eigenvalue weighted by Crippen LogP contribution is -2.23. The van der Waals surface area contributed by atoms with Crippen LogP contribution in [0.3, 0.4) is 0 Å². The molecule has 0 saturated carbocycles. The SMILES string of the molecule is CCNC(C)c1ccc(OC)c(CN(C)CCOC)c1. The highest BCUT2D eigenvalue weighted by Crippen LogP contribution is 2.24. The molecule has 0 amide bonds. The minimum atomic E-state index is 0.355. The van der Waals surface area contributed by atoms with Gasteiger partial charge in [0.05, 0.1) is 13.7 Å². The van der Waals surface area contributed by atoms with Crippen LogP contribution in [0.25, 0.3) is 0 Å². The molecule has 0 fully saturated rings. The minimum absolute atomic E-state index is 0.355. The first-order valence-electron chi connectivity index (χ1n) is 7.20. The molecule has 0 heterocycles. The van der Waals surface area contributed by atoms with Gasteiger partial charge in [0.25, 0.3) is 0 Å². The zero-order valence-electron chi connectivity index (χ0n) is 13.4. The summed E-state index contributed by atoms with van der Waals surface area (Å²) in [6, 6.07) is 6.78. The van der Waals surface area contributed by atoms with E-state index in [0.29, 0.717) is 6.04 Å². The van der Waals surface area contributed by atoms with Gasteiger partial charge in [-0.3, -0.25) is 4.90 Å². The molecule has 20 heavy (non-hydrogen) atoms. The van der Waals surface area contributed by atoms with E-state index in [0.717, 1.165) is 32.0 Å². The monoisotopic (exact) mass is 280 g/mol. The molecule has 1 aromatic carbocycles. The third kappa shape index (κ3) is 5.12. The molecule has 0 bridgehead atoms. The molecule has 0 aliphatic rings. The van der Waals surface area contributed by atoms with E-state index in [1.54, 1.807) is 14.2 Å². The van der Waals surface area contributed by atoms with Gasteiger partial charge in [0, 0.05) is 31.8 Å². The maximum atomic E-state index is 5.47. The van der Waals surface area contributed by atoms with E-state index in [1.807, 2.05) is 0 Å². The fourth-order valence-electron chi connectivity index (χ4n) is 2.23. The first-order chi connectivity index (χ1) is 9.62. The number of hydrogen-bond donors (Lipinski definition) is 1. The van der Waals surface area contributed by atoms with Crippen LogP contribution in [0.2, 0.25) is 0 Å². The van der Waals surface area contributed by atoms with E-state index >= 15 is 0 Å². The van der Waals surface area contributed by atoms with Gasteiger partial charge in [-0.25, -0.2) is 0 Å². The maximum absolute atomic E-state index is 5.47. The Morgan fingerprint density at radius 1 is 1.30 bits per heavy atom. The van der Waals surface area contributed by atoms with Crippen molar-refractivity contribution in [3.63, 3.8) is 0 Å². The van der Waals surface area contributed by atoms with Gasteiger partial charge in [-0.05, 0) is 38.2 Å². The van der Waals surface area contributed by atoms with E-state index in [1.165, 1.54) is 11.1 Å². The number of nitrogens with zero attached hydrogens (tertiary/aromatic N) is 1. The van der Waals surface area contributed by atoms with E-state index in [9.17, 15) is 0 Å². The Kier molecular flexibility index (Phi) is 7.59. The Bertz CT molecular complexity index is 396. The molecule has 0 aliphatic carbocycles. The molecule has 0 saturated heterocycles. The highest BCUT2D eigenvalue weighted by atomic mass is 16.5. The summed E-state index contributed by atoms with van der Waals surface area (Å²) in [6.45, 7) is 7.79. The highest BCUT2D eigenvalue weighted by molar-refractivity contribution is 5.38. The van der Waals surface area contributed by atoms with Crippen LogP contribution in [0, 0.1) is 0 Å². The van der Waals surface area contributed by atoms with Crippen molar-refractivity contribution in [2.75, 3.05) is 41.0 Å². The Balaban J connectivity index is 2.82. The van der Waals surface area contributed by atoms with Crippen molar-refractivity contribution < 1.29 is 9.47 Å². The largest absolute Gasteiger partial charge is 0.496 e. The Morgan fingerprint density at radius 2 is 2.05 bits per heavy atom. The molecule has 0 aromatic heterocycles. The molecular weight excluding hydrogens is 252 g/mol. The van der Waals surface area contributed by atoms with Crippen LogP contribution in [0.1, 0.15) is 31.0 Å². The summed E-state index contributed by atoms with van der Waals surface area (Å²) in [5.41, 5.74) is 2.51. The van der Waals surface area contributed by atoms with Crippen LogP contribution in [-0.2, 0) is 11.3 Å². The van der Waals surface area contributed by atoms with Crippen LogP contribution in [0.4, 0.5) is 0 Å². The molecule has 1 N–H and O–H groups in total. The number of methoxy groups -OCH3 is 2. The normalized spacial score (nSPS) is 12.7. The molecular formula is C16H28N2O2. The van der Waals surface area contributed by atoms with Crippen LogP contribution >= 0.6 is 0 Å². The van der Waals surface area contributed by atoms with Crippen molar-refractivity contribution in [1.82, 2.24) is 10.2 Å². The molecule has 0 spiro atoms. The second-order valence-electron chi connectivity index (χ2n) is 5.08. The lowest BCUT2D eigenvalue weighted by molar-refractivity contribution is 0.158. The smallest absolute Gasteiger partial charge is 0.123 e. The number of nitrogens with one attached hydrogen (secondary N) is 1. The standard InChI is InChI=1S/C16H28N2O2/c1-6-17-13(2)14-7-8-16(20-5)15(11-14)12-18(3)9-10-19-4/h7-8,11,13,17H,6,9-10,12H2,1-5H3. The first kappa shape index (κ1) is 17.0. The van der Waals surface area contributed by atoms with Crippen molar-refractivity contribution >= 4 is 0 Å². The zero-order valence-corrected chi connectivity index (χ0v) is 13.4. The zero-order chi connectivity index (χ0) is 15.0. The van der Waals surface area contributed by atoms with Crippen LogP contribution in [0.15, 0.2) is 18.2 Å². The molecule has 0 aliphatic heterocycles. The van der Waals surface area contributed by atoms with Gasteiger partial charge >= 0.3 is 0 Å². The third-order valence-corrected chi connectivity index (χ3v) is 3.43. The first-order valence-corrected chi connectivity index (χ1v) is 7.20. The van der Waals surface area contributed by atoms with Crippen molar-refractivity contribution in [1.29, 1.82) is 0 Å². The number of benzene rings is 1. The molecule has 1 unspecified atom stereocenters. The molecule has 4 heteroatoms. The summed E-state index contributed by atoms with van der Waals surface area (Å²) in [5.74, 6) is 0.946. The molecule has 1 rings (SSSR count). The quantitative estimate of drug-likeness (QED) is 0.753. The summed E-state index contributed by atoms with van der Waals surface area (Å²) in [4.78, 5) is 2.24. The average Bonchev–Trinajstić information content (AvgIpc) is 2.45. The molecule has 4 nitrogen and oxygen atoms in total. The lowest BCUT2D eigenvalue weighted by atomic mass is 10.0. The van der Waals surface area contributed by atoms with Gasteiger partial charge in [0.15, 0.2) is 0 Å². The highest BCUT2D eigenvalue weighted by Gasteiger charge is 2.10. The number of ether oxygens (including phenoxy) is 2. The fourth-order valence-corrected chi connectivity index (χ4v) is 2.23.